The summed E-state index contributed by atoms with van der Waals surface area (Å²) < 4.78 is 21.1. The number of amides is 1. The van der Waals surface area contributed by atoms with Crippen molar-refractivity contribution in [1.29, 1.82) is 0 Å². The quantitative estimate of drug-likeness (QED) is 0.421. The van der Waals surface area contributed by atoms with Crippen molar-refractivity contribution in [2.45, 2.75) is 26.4 Å². The van der Waals surface area contributed by atoms with E-state index in [1.54, 1.807) is 29.3 Å². The van der Waals surface area contributed by atoms with Crippen LogP contribution in [-0.2, 0) is 6.61 Å². The molecule has 0 saturated carbocycles. The number of aryl methyl sites for hydroxylation is 1. The van der Waals surface area contributed by atoms with Crippen molar-refractivity contribution in [3.8, 4) is 16.9 Å². The predicted octanol–water partition coefficient (Wildman–Crippen LogP) is 5.54. The van der Waals surface area contributed by atoms with Gasteiger partial charge in [0.2, 0.25) is 0 Å². The molecule has 6 nitrogen and oxygen atoms in total. The average molecular weight is 465 g/mol. The second-order valence-corrected chi connectivity index (χ2v) is 8.56. The number of carbonyl (C=O) groups is 1. The van der Waals surface area contributed by atoms with Crippen LogP contribution >= 0.6 is 11.6 Å². The van der Waals surface area contributed by atoms with Crippen LogP contribution in [0.1, 0.15) is 34.5 Å². The third-order valence-corrected chi connectivity index (χ3v) is 6.34. The lowest BCUT2D eigenvalue weighted by Gasteiger charge is -2.17. The summed E-state index contributed by atoms with van der Waals surface area (Å²) in [5.41, 5.74) is 3.36. The number of pyridine rings is 1. The van der Waals surface area contributed by atoms with Gasteiger partial charge in [0, 0.05) is 46.4 Å². The lowest BCUT2D eigenvalue weighted by atomic mass is 9.99. The number of benzene rings is 2. The maximum Gasteiger partial charge on any atom is 0.253 e. The molecule has 0 radical (unpaired) electrons. The van der Waals surface area contributed by atoms with Crippen molar-refractivity contribution >= 4 is 28.5 Å². The normalized spacial score (nSPS) is 13.6. The molecule has 3 heterocycles. The molecule has 0 atom stereocenters. The molecule has 33 heavy (non-hydrogen) atoms. The van der Waals surface area contributed by atoms with Crippen molar-refractivity contribution in [1.82, 2.24) is 20.1 Å². The molecule has 0 spiro atoms. The highest BCUT2D eigenvalue weighted by molar-refractivity contribution is 6.31. The number of fused-ring (bicyclic) bond motifs is 1. The number of H-pyrrole nitrogens is 1. The second-order valence-electron chi connectivity index (χ2n) is 8.15. The van der Waals surface area contributed by atoms with E-state index in [1.165, 1.54) is 12.1 Å². The Balaban J connectivity index is 1.51. The topological polar surface area (TPSA) is 71.1 Å². The molecule has 8 heteroatoms. The molecule has 0 aliphatic carbocycles. The number of ether oxygens (including phenoxy) is 1. The van der Waals surface area contributed by atoms with Gasteiger partial charge < -0.3 is 9.64 Å². The highest BCUT2D eigenvalue weighted by atomic mass is 35.5. The molecule has 4 aromatic rings. The molecule has 1 fully saturated rings. The first-order chi connectivity index (χ1) is 16.0. The third-order valence-electron chi connectivity index (χ3n) is 5.94. The Morgan fingerprint density at radius 2 is 2.00 bits per heavy atom. The largest absolute Gasteiger partial charge is 0.487 e. The SMILES string of the molecule is Cc1cc(OCc2n[nH]c3ncccc23)c(-c2cc(C(=O)N3CCCC3)ccc2F)cc1Cl. The van der Waals surface area contributed by atoms with Gasteiger partial charge in [-0.05, 0) is 67.8 Å². The van der Waals surface area contributed by atoms with Crippen LogP contribution in [0.4, 0.5) is 4.39 Å². The molecule has 0 bridgehead atoms. The number of hydrogen-bond acceptors (Lipinski definition) is 4. The lowest BCUT2D eigenvalue weighted by molar-refractivity contribution is 0.0793. The van der Waals surface area contributed by atoms with E-state index >= 15 is 0 Å². The highest BCUT2D eigenvalue weighted by Gasteiger charge is 2.22. The smallest absolute Gasteiger partial charge is 0.253 e. The molecule has 1 amide bonds. The Bertz CT molecular complexity index is 1350. The zero-order chi connectivity index (χ0) is 22.9. The fourth-order valence-electron chi connectivity index (χ4n) is 4.12. The molecule has 1 N–H and O–H groups in total. The number of nitrogens with zero attached hydrogens (tertiary/aromatic N) is 3. The van der Waals surface area contributed by atoms with E-state index in [0.29, 0.717) is 33.2 Å². The van der Waals surface area contributed by atoms with Crippen LogP contribution in [0.5, 0.6) is 5.75 Å². The number of carbonyl (C=O) groups excluding carboxylic acids is 1. The summed E-state index contributed by atoms with van der Waals surface area (Å²) in [5.74, 6) is -0.0845. The molecule has 5 rings (SSSR count). The number of aromatic amines is 1. The van der Waals surface area contributed by atoms with Gasteiger partial charge in [-0.1, -0.05) is 11.6 Å². The summed E-state index contributed by atoms with van der Waals surface area (Å²) >= 11 is 6.39. The Kier molecular flexibility index (Phi) is 5.72. The summed E-state index contributed by atoms with van der Waals surface area (Å²) in [5, 5.41) is 8.52. The fourth-order valence-corrected chi connectivity index (χ4v) is 4.28. The number of rotatable bonds is 5. The first-order valence-corrected chi connectivity index (χ1v) is 11.2. The van der Waals surface area contributed by atoms with Gasteiger partial charge >= 0.3 is 0 Å². The number of likely N-dealkylation sites (tertiary alicyclic amines) is 1. The number of hydrogen-bond donors (Lipinski definition) is 1. The minimum Gasteiger partial charge on any atom is -0.487 e. The van der Waals surface area contributed by atoms with E-state index < -0.39 is 5.82 Å². The van der Waals surface area contributed by atoms with Crippen LogP contribution in [0, 0.1) is 12.7 Å². The van der Waals surface area contributed by atoms with Crippen LogP contribution < -0.4 is 4.74 Å². The van der Waals surface area contributed by atoms with Crippen LogP contribution in [0.15, 0.2) is 48.7 Å². The van der Waals surface area contributed by atoms with Gasteiger partial charge in [-0.15, -0.1) is 0 Å². The molecule has 2 aromatic carbocycles. The molecule has 1 aliphatic heterocycles. The van der Waals surface area contributed by atoms with Crippen molar-refractivity contribution in [2.75, 3.05) is 13.1 Å². The van der Waals surface area contributed by atoms with Gasteiger partial charge in [0.15, 0.2) is 5.65 Å². The van der Waals surface area contributed by atoms with E-state index in [1.807, 2.05) is 19.1 Å². The van der Waals surface area contributed by atoms with Crippen LogP contribution in [-0.4, -0.2) is 39.1 Å². The molecule has 1 aliphatic rings. The van der Waals surface area contributed by atoms with Gasteiger partial charge in [-0.2, -0.15) is 5.10 Å². The average Bonchev–Trinajstić information content (AvgIpc) is 3.50. The minimum absolute atomic E-state index is 0.0927. The van der Waals surface area contributed by atoms with E-state index in [0.717, 1.165) is 36.9 Å². The molecule has 2 aromatic heterocycles. The Morgan fingerprint density at radius 1 is 1.18 bits per heavy atom. The van der Waals surface area contributed by atoms with Gasteiger partial charge in [0.05, 0.1) is 0 Å². The van der Waals surface area contributed by atoms with Crippen molar-refractivity contribution in [3.05, 3.63) is 76.3 Å². The van der Waals surface area contributed by atoms with E-state index in [9.17, 15) is 9.18 Å². The van der Waals surface area contributed by atoms with Crippen molar-refractivity contribution in [2.24, 2.45) is 0 Å². The lowest BCUT2D eigenvalue weighted by Crippen LogP contribution is -2.27. The molecular weight excluding hydrogens is 443 g/mol. The molecule has 1 saturated heterocycles. The summed E-state index contributed by atoms with van der Waals surface area (Å²) in [6, 6.07) is 11.6. The first kappa shape index (κ1) is 21.4. The maximum atomic E-state index is 15.0. The van der Waals surface area contributed by atoms with Crippen LogP contribution in [0.2, 0.25) is 5.02 Å². The monoisotopic (exact) mass is 464 g/mol. The van der Waals surface area contributed by atoms with Crippen molar-refractivity contribution in [3.63, 3.8) is 0 Å². The highest BCUT2D eigenvalue weighted by Crippen LogP contribution is 2.37. The molecular formula is C25H22ClFN4O2. The van der Waals surface area contributed by atoms with Crippen LogP contribution in [0.3, 0.4) is 0 Å². The van der Waals surface area contributed by atoms with Gasteiger partial charge in [0.25, 0.3) is 5.91 Å². The zero-order valence-corrected chi connectivity index (χ0v) is 18.8. The second kappa shape index (κ2) is 8.83. The van der Waals surface area contributed by atoms with E-state index in [4.69, 9.17) is 16.3 Å². The van der Waals surface area contributed by atoms with Gasteiger partial charge in [0.1, 0.15) is 23.9 Å². The zero-order valence-electron chi connectivity index (χ0n) is 18.1. The first-order valence-electron chi connectivity index (χ1n) is 10.8. The summed E-state index contributed by atoms with van der Waals surface area (Å²) in [7, 11) is 0. The van der Waals surface area contributed by atoms with E-state index in [-0.39, 0.29) is 18.1 Å². The summed E-state index contributed by atoms with van der Waals surface area (Å²) in [6.07, 6.45) is 3.66. The van der Waals surface area contributed by atoms with E-state index in [2.05, 4.69) is 15.2 Å². The number of halogens is 2. The predicted molar refractivity (Wildman–Crippen MR) is 125 cm³/mol. The standard InChI is InChI=1S/C25H22ClFN4O2/c1-15-11-23(33-14-22-17-5-4-8-28-24(17)30-29-22)19(13-20(15)26)18-12-16(6-7-21(18)27)25(32)31-9-2-3-10-31/h4-8,11-13H,2-3,9-10,14H2,1H3,(H,28,29,30). The van der Waals surface area contributed by atoms with Gasteiger partial charge in [-0.3, -0.25) is 9.89 Å². The number of aromatic nitrogens is 3. The molecule has 168 valence electrons. The molecule has 0 unspecified atom stereocenters. The summed E-state index contributed by atoms with van der Waals surface area (Å²) in [6.45, 7) is 3.47. The third kappa shape index (κ3) is 4.16. The Labute approximate surface area is 195 Å². The fraction of sp³-hybridized carbons (Fsp3) is 0.240. The maximum absolute atomic E-state index is 15.0. The Hall–Kier alpha value is -3.45. The van der Waals surface area contributed by atoms with Gasteiger partial charge in [-0.25, -0.2) is 9.37 Å². The minimum atomic E-state index is -0.452. The summed E-state index contributed by atoms with van der Waals surface area (Å²) in [4.78, 5) is 18.9. The van der Waals surface area contributed by atoms with Crippen molar-refractivity contribution < 1.29 is 13.9 Å². The Morgan fingerprint density at radius 3 is 2.82 bits per heavy atom. The number of nitrogens with one attached hydrogen (secondary N) is 1. The van der Waals surface area contributed by atoms with Crippen LogP contribution in [0.25, 0.3) is 22.2 Å².